The number of carbonyl (C=O) groups is 2. The fraction of sp³-hybridized carbons (Fsp3) is 0.364. The lowest BCUT2D eigenvalue weighted by molar-refractivity contribution is -0.886. The fourth-order valence-corrected chi connectivity index (χ4v) is 3.13. The number of amides is 2. The third-order valence-corrected chi connectivity index (χ3v) is 4.98. The van der Waals surface area contributed by atoms with E-state index >= 15 is 0 Å². The van der Waals surface area contributed by atoms with Gasteiger partial charge >= 0.3 is 0 Å². The maximum Gasteiger partial charge on any atom is 0.280 e. The van der Waals surface area contributed by atoms with E-state index in [0.717, 1.165) is 27.3 Å². The number of hydrogen-bond acceptors (Lipinski definition) is 2. The van der Waals surface area contributed by atoms with Crippen LogP contribution in [0.5, 0.6) is 0 Å². The first-order valence-electron chi connectivity index (χ1n) is 9.37. The van der Waals surface area contributed by atoms with Gasteiger partial charge in [-0.25, -0.2) is 4.39 Å². The number of carbonyl (C=O) groups excluding carboxylic acids is 2. The number of nitrogens with one attached hydrogen (secondary N) is 2. The quantitative estimate of drug-likeness (QED) is 0.764. The van der Waals surface area contributed by atoms with Crippen molar-refractivity contribution in [1.29, 1.82) is 0 Å². The molecule has 2 amide bonds. The van der Waals surface area contributed by atoms with E-state index in [1.807, 2.05) is 39.1 Å². The third-order valence-electron chi connectivity index (χ3n) is 4.98. The predicted molar refractivity (Wildman–Crippen MR) is 109 cm³/mol. The Bertz CT molecular complexity index is 833. The fourth-order valence-electron chi connectivity index (χ4n) is 3.13. The smallest absolute Gasteiger partial charge is 0.280 e. The number of anilines is 1. The average molecular weight is 386 g/mol. The van der Waals surface area contributed by atoms with Gasteiger partial charge < -0.3 is 15.1 Å². The van der Waals surface area contributed by atoms with Crippen LogP contribution in [-0.2, 0) is 16.1 Å². The molecule has 0 radical (unpaired) electrons. The Hall–Kier alpha value is -2.73. The van der Waals surface area contributed by atoms with Gasteiger partial charge in [-0.15, -0.1) is 0 Å². The van der Waals surface area contributed by atoms with Crippen molar-refractivity contribution in [2.75, 3.05) is 26.0 Å². The largest absolute Gasteiger partial charge is 0.336 e. The van der Waals surface area contributed by atoms with Crippen molar-refractivity contribution < 1.29 is 18.9 Å². The lowest BCUT2D eigenvalue weighted by Gasteiger charge is -2.25. The highest BCUT2D eigenvalue weighted by molar-refractivity contribution is 5.93. The summed E-state index contributed by atoms with van der Waals surface area (Å²) in [5.41, 5.74) is 3.56. The molecule has 28 heavy (non-hydrogen) atoms. The minimum atomic E-state index is -0.401. The van der Waals surface area contributed by atoms with E-state index in [0.29, 0.717) is 6.54 Å². The number of quaternary nitrogens is 1. The summed E-state index contributed by atoms with van der Waals surface area (Å²) in [6.45, 7) is 6.20. The number of hydrogen-bond donors (Lipinski definition) is 2. The zero-order valence-electron chi connectivity index (χ0n) is 17.2. The summed E-state index contributed by atoms with van der Waals surface area (Å²) in [6.07, 6.45) is 0. The topological polar surface area (TPSA) is 53.9 Å². The summed E-state index contributed by atoms with van der Waals surface area (Å²) >= 11 is 0. The molecule has 6 heteroatoms. The van der Waals surface area contributed by atoms with Gasteiger partial charge in [0.15, 0.2) is 12.6 Å². The molecule has 2 rings (SSSR count). The number of benzene rings is 2. The van der Waals surface area contributed by atoms with Crippen LogP contribution in [0.3, 0.4) is 0 Å². The van der Waals surface area contributed by atoms with Crippen LogP contribution in [0.1, 0.15) is 23.6 Å². The van der Waals surface area contributed by atoms with E-state index in [4.69, 9.17) is 0 Å². The molecule has 2 N–H and O–H groups in total. The third kappa shape index (κ3) is 5.63. The summed E-state index contributed by atoms with van der Waals surface area (Å²) in [7, 11) is 3.51. The SMILES string of the molecule is Cc1cccc(C)c1NC(=O)C[NH+](C)[C@@H](C)C(=O)N(C)Cc1cccc(F)c1. The molecule has 0 aliphatic heterocycles. The van der Waals surface area contributed by atoms with Crippen LogP contribution in [0, 0.1) is 19.7 Å². The summed E-state index contributed by atoms with van der Waals surface area (Å²) < 4.78 is 13.3. The molecular weight excluding hydrogens is 357 g/mol. The van der Waals surface area contributed by atoms with Gasteiger partial charge in [0.05, 0.1) is 7.05 Å². The average Bonchev–Trinajstić information content (AvgIpc) is 2.63. The monoisotopic (exact) mass is 386 g/mol. The van der Waals surface area contributed by atoms with Crippen molar-refractivity contribution in [3.05, 3.63) is 65.0 Å². The lowest BCUT2D eigenvalue weighted by Crippen LogP contribution is -3.15. The van der Waals surface area contributed by atoms with Crippen LogP contribution in [-0.4, -0.2) is 43.4 Å². The van der Waals surface area contributed by atoms with E-state index in [1.54, 1.807) is 31.0 Å². The minimum Gasteiger partial charge on any atom is -0.336 e. The molecule has 0 saturated carbocycles. The zero-order valence-corrected chi connectivity index (χ0v) is 17.2. The second-order valence-corrected chi connectivity index (χ2v) is 7.38. The molecule has 2 atom stereocenters. The first kappa shape index (κ1) is 21.6. The number of halogens is 1. The maximum atomic E-state index is 13.3. The van der Waals surface area contributed by atoms with Crippen molar-refractivity contribution in [1.82, 2.24) is 4.90 Å². The van der Waals surface area contributed by atoms with E-state index < -0.39 is 6.04 Å². The van der Waals surface area contributed by atoms with Crippen molar-refractivity contribution in [3.63, 3.8) is 0 Å². The van der Waals surface area contributed by atoms with E-state index in [-0.39, 0.29) is 24.2 Å². The van der Waals surface area contributed by atoms with Gasteiger partial charge in [-0.3, -0.25) is 9.59 Å². The Morgan fingerprint density at radius 3 is 2.36 bits per heavy atom. The molecule has 150 valence electrons. The second kappa shape index (κ2) is 9.46. The molecule has 0 fully saturated rings. The zero-order chi connectivity index (χ0) is 20.8. The summed E-state index contributed by atoms with van der Waals surface area (Å²) in [4.78, 5) is 27.5. The molecule has 0 saturated heterocycles. The number of likely N-dealkylation sites (N-methyl/N-ethyl adjacent to an activating group) is 2. The summed E-state index contributed by atoms with van der Waals surface area (Å²) in [5.74, 6) is -0.554. The Labute approximate surface area is 166 Å². The van der Waals surface area contributed by atoms with Crippen LogP contribution < -0.4 is 10.2 Å². The Morgan fingerprint density at radius 2 is 1.75 bits per heavy atom. The number of para-hydroxylation sites is 1. The van der Waals surface area contributed by atoms with Crippen LogP contribution >= 0.6 is 0 Å². The molecule has 0 bridgehead atoms. The maximum absolute atomic E-state index is 13.3. The number of rotatable bonds is 7. The lowest BCUT2D eigenvalue weighted by atomic mass is 10.1. The highest BCUT2D eigenvalue weighted by Gasteiger charge is 2.27. The van der Waals surface area contributed by atoms with Crippen LogP contribution in [0.15, 0.2) is 42.5 Å². The van der Waals surface area contributed by atoms with Gasteiger partial charge in [0.1, 0.15) is 5.82 Å². The van der Waals surface area contributed by atoms with Gasteiger partial charge in [0.25, 0.3) is 11.8 Å². The Kier molecular flexibility index (Phi) is 7.29. The standard InChI is InChI=1S/C22H28FN3O2/c1-15-8-6-9-16(2)21(15)24-20(27)14-25(4)17(3)22(28)26(5)13-18-10-7-11-19(23)12-18/h6-12,17H,13-14H2,1-5H3,(H,24,27)/p+1/t17-/m0/s1. The van der Waals surface area contributed by atoms with Crippen LogP contribution in [0.25, 0.3) is 0 Å². The van der Waals surface area contributed by atoms with Crippen LogP contribution in [0.2, 0.25) is 0 Å². The van der Waals surface area contributed by atoms with Crippen molar-refractivity contribution in [2.45, 2.75) is 33.4 Å². The molecule has 0 spiro atoms. The molecule has 0 aromatic heterocycles. The van der Waals surface area contributed by atoms with Crippen molar-refractivity contribution >= 4 is 17.5 Å². The van der Waals surface area contributed by atoms with Gasteiger partial charge in [0, 0.05) is 19.3 Å². The Balaban J connectivity index is 1.94. The normalized spacial score (nSPS) is 12.9. The Morgan fingerprint density at radius 1 is 1.14 bits per heavy atom. The van der Waals surface area contributed by atoms with Crippen LogP contribution in [0.4, 0.5) is 10.1 Å². The van der Waals surface area contributed by atoms with E-state index in [9.17, 15) is 14.0 Å². The molecule has 0 heterocycles. The van der Waals surface area contributed by atoms with E-state index in [1.165, 1.54) is 12.1 Å². The van der Waals surface area contributed by atoms with Gasteiger partial charge in [0.2, 0.25) is 0 Å². The first-order chi connectivity index (χ1) is 13.2. The highest BCUT2D eigenvalue weighted by Crippen LogP contribution is 2.18. The van der Waals surface area contributed by atoms with E-state index in [2.05, 4.69) is 5.32 Å². The highest BCUT2D eigenvalue weighted by atomic mass is 19.1. The first-order valence-corrected chi connectivity index (χ1v) is 9.37. The minimum absolute atomic E-state index is 0.0957. The molecule has 0 aliphatic carbocycles. The summed E-state index contributed by atoms with van der Waals surface area (Å²) in [6, 6.07) is 11.7. The molecule has 2 aromatic carbocycles. The number of aryl methyl sites for hydroxylation is 2. The van der Waals surface area contributed by atoms with Crippen molar-refractivity contribution in [2.24, 2.45) is 0 Å². The van der Waals surface area contributed by atoms with Gasteiger partial charge in [-0.2, -0.15) is 0 Å². The predicted octanol–water partition coefficient (Wildman–Crippen LogP) is 1.94. The summed E-state index contributed by atoms with van der Waals surface area (Å²) in [5, 5.41) is 2.95. The second-order valence-electron chi connectivity index (χ2n) is 7.38. The molecule has 2 aromatic rings. The molecule has 5 nitrogen and oxygen atoms in total. The van der Waals surface area contributed by atoms with Crippen molar-refractivity contribution in [3.8, 4) is 0 Å². The molecule has 1 unspecified atom stereocenters. The molecule has 0 aliphatic rings. The molecular formula is C22H29FN3O2+. The van der Waals surface area contributed by atoms with Gasteiger partial charge in [-0.05, 0) is 49.6 Å². The number of nitrogens with zero attached hydrogens (tertiary/aromatic N) is 1. The van der Waals surface area contributed by atoms with Gasteiger partial charge in [-0.1, -0.05) is 30.3 Å².